The lowest BCUT2D eigenvalue weighted by Crippen LogP contribution is -2.46. The van der Waals surface area contributed by atoms with Crippen LogP contribution in [0.5, 0.6) is 0 Å². The van der Waals surface area contributed by atoms with Gasteiger partial charge < -0.3 is 9.80 Å². The highest BCUT2D eigenvalue weighted by atomic mass is 35.5. The summed E-state index contributed by atoms with van der Waals surface area (Å²) >= 11 is 15.9. The molecule has 0 atom stereocenters. The lowest BCUT2D eigenvalue weighted by Gasteiger charge is -2.34. The zero-order chi connectivity index (χ0) is 18.5. The zero-order valence-electron chi connectivity index (χ0n) is 14.6. The molecule has 1 saturated heterocycles. The number of fused-ring (bicyclic) bond motifs is 2. The Morgan fingerprint density at radius 1 is 0.852 bits per heavy atom. The fourth-order valence-corrected chi connectivity index (χ4v) is 6.19. The summed E-state index contributed by atoms with van der Waals surface area (Å²) in [6.07, 6.45) is 0. The van der Waals surface area contributed by atoms with E-state index in [1.807, 2.05) is 24.3 Å². The van der Waals surface area contributed by atoms with E-state index in [0.29, 0.717) is 0 Å². The monoisotopic (exact) mass is 434 g/mol. The number of halogens is 2. The predicted molar refractivity (Wildman–Crippen MR) is 118 cm³/mol. The maximum absolute atomic E-state index is 6.28. The SMILES string of the molecule is Cc1cc(Cl)cc2sc(N3CCN(c4nc5c(Cl)cccc5s4)CC3)nc12. The minimum atomic E-state index is 0.720. The smallest absolute Gasteiger partial charge is 0.186 e. The topological polar surface area (TPSA) is 32.3 Å². The van der Waals surface area contributed by atoms with Crippen molar-refractivity contribution in [3.8, 4) is 0 Å². The van der Waals surface area contributed by atoms with Crippen molar-refractivity contribution in [1.82, 2.24) is 9.97 Å². The summed E-state index contributed by atoms with van der Waals surface area (Å²) in [7, 11) is 0. The van der Waals surface area contributed by atoms with Crippen LogP contribution in [0.4, 0.5) is 10.3 Å². The van der Waals surface area contributed by atoms with E-state index in [4.69, 9.17) is 33.2 Å². The van der Waals surface area contributed by atoms with E-state index in [0.717, 1.165) is 72.5 Å². The summed E-state index contributed by atoms with van der Waals surface area (Å²) in [6.45, 7) is 5.76. The maximum atomic E-state index is 6.28. The van der Waals surface area contributed by atoms with Gasteiger partial charge >= 0.3 is 0 Å². The molecule has 1 aliphatic heterocycles. The Morgan fingerprint density at radius 2 is 1.48 bits per heavy atom. The van der Waals surface area contributed by atoms with E-state index in [1.54, 1.807) is 22.7 Å². The van der Waals surface area contributed by atoms with Gasteiger partial charge in [-0.1, -0.05) is 51.9 Å². The van der Waals surface area contributed by atoms with Crippen LogP contribution in [0.1, 0.15) is 5.56 Å². The van der Waals surface area contributed by atoms with E-state index in [2.05, 4.69) is 22.8 Å². The molecule has 2 aromatic heterocycles. The summed E-state index contributed by atoms with van der Waals surface area (Å²) in [5.74, 6) is 0. The Morgan fingerprint density at radius 3 is 2.15 bits per heavy atom. The summed E-state index contributed by atoms with van der Waals surface area (Å²) in [4.78, 5) is 14.3. The molecule has 0 N–H and O–H groups in total. The van der Waals surface area contributed by atoms with Gasteiger partial charge in [-0.2, -0.15) is 0 Å². The first-order chi connectivity index (χ1) is 13.1. The fraction of sp³-hybridized carbons (Fsp3) is 0.263. The highest BCUT2D eigenvalue weighted by Crippen LogP contribution is 2.35. The van der Waals surface area contributed by atoms with Crippen molar-refractivity contribution in [3.05, 3.63) is 45.9 Å². The molecule has 4 aromatic rings. The Hall–Kier alpha value is -1.60. The molecule has 5 rings (SSSR count). The van der Waals surface area contributed by atoms with Crippen LogP contribution in [0.2, 0.25) is 10.0 Å². The number of nitrogens with zero attached hydrogens (tertiary/aromatic N) is 4. The number of hydrogen-bond donors (Lipinski definition) is 0. The number of aromatic nitrogens is 2. The molecule has 4 nitrogen and oxygen atoms in total. The van der Waals surface area contributed by atoms with Crippen molar-refractivity contribution in [2.45, 2.75) is 6.92 Å². The molecular weight excluding hydrogens is 419 g/mol. The minimum absolute atomic E-state index is 0.720. The van der Waals surface area contributed by atoms with Gasteiger partial charge in [0.15, 0.2) is 10.3 Å². The van der Waals surface area contributed by atoms with E-state index >= 15 is 0 Å². The molecule has 1 fully saturated rings. The Bertz CT molecular complexity index is 1150. The maximum Gasteiger partial charge on any atom is 0.186 e. The number of anilines is 2. The van der Waals surface area contributed by atoms with E-state index in [-0.39, 0.29) is 0 Å². The van der Waals surface area contributed by atoms with Crippen LogP contribution in [0, 0.1) is 6.92 Å². The summed E-state index contributed by atoms with van der Waals surface area (Å²) in [5, 5.41) is 3.61. The molecule has 2 aromatic carbocycles. The summed E-state index contributed by atoms with van der Waals surface area (Å²) in [6, 6.07) is 9.93. The lowest BCUT2D eigenvalue weighted by atomic mass is 10.2. The second-order valence-electron chi connectivity index (χ2n) is 6.62. The average Bonchev–Trinajstić information content (AvgIpc) is 3.27. The van der Waals surface area contributed by atoms with E-state index < -0.39 is 0 Å². The number of aryl methyl sites for hydroxylation is 1. The number of thiazole rings is 2. The van der Waals surface area contributed by atoms with Crippen molar-refractivity contribution in [1.29, 1.82) is 0 Å². The Kier molecular flexibility index (Phi) is 4.39. The van der Waals surface area contributed by atoms with Gasteiger partial charge in [-0.15, -0.1) is 0 Å². The molecule has 8 heteroatoms. The van der Waals surface area contributed by atoms with Gasteiger partial charge in [-0.25, -0.2) is 9.97 Å². The first-order valence-electron chi connectivity index (χ1n) is 8.70. The fourth-order valence-electron chi connectivity index (χ4n) is 3.41. The molecular formula is C19H16Cl2N4S2. The van der Waals surface area contributed by atoms with Gasteiger partial charge in [0.1, 0.15) is 5.52 Å². The largest absolute Gasteiger partial charge is 0.345 e. The molecule has 0 radical (unpaired) electrons. The van der Waals surface area contributed by atoms with Crippen molar-refractivity contribution >= 4 is 76.6 Å². The lowest BCUT2D eigenvalue weighted by molar-refractivity contribution is 0.651. The van der Waals surface area contributed by atoms with Gasteiger partial charge in [0.2, 0.25) is 0 Å². The second-order valence-corrected chi connectivity index (χ2v) is 9.48. The Labute approximate surface area is 175 Å². The molecule has 0 spiro atoms. The summed E-state index contributed by atoms with van der Waals surface area (Å²) in [5.41, 5.74) is 3.09. The van der Waals surface area contributed by atoms with Gasteiger partial charge in [-0.3, -0.25) is 0 Å². The van der Waals surface area contributed by atoms with Crippen molar-refractivity contribution in [2.24, 2.45) is 0 Å². The highest BCUT2D eigenvalue weighted by molar-refractivity contribution is 7.22. The molecule has 0 amide bonds. The third kappa shape index (κ3) is 3.14. The predicted octanol–water partition coefficient (Wildman–Crippen LogP) is 5.85. The van der Waals surface area contributed by atoms with E-state index in [1.165, 1.54) is 0 Å². The number of rotatable bonds is 2. The quantitative estimate of drug-likeness (QED) is 0.396. The highest BCUT2D eigenvalue weighted by Gasteiger charge is 2.23. The summed E-state index contributed by atoms with van der Waals surface area (Å²) < 4.78 is 2.29. The number of hydrogen-bond acceptors (Lipinski definition) is 6. The van der Waals surface area contributed by atoms with Crippen LogP contribution in [0.15, 0.2) is 30.3 Å². The zero-order valence-corrected chi connectivity index (χ0v) is 17.7. The third-order valence-corrected chi connectivity index (χ3v) is 7.49. The van der Waals surface area contributed by atoms with Crippen molar-refractivity contribution in [2.75, 3.05) is 36.0 Å². The van der Waals surface area contributed by atoms with E-state index in [9.17, 15) is 0 Å². The van der Waals surface area contributed by atoms with Gasteiger partial charge in [0.05, 0.1) is 19.9 Å². The molecule has 0 unspecified atom stereocenters. The Balaban J connectivity index is 1.36. The van der Waals surface area contributed by atoms with Gasteiger partial charge in [0.25, 0.3) is 0 Å². The van der Waals surface area contributed by atoms with Crippen LogP contribution in [0.3, 0.4) is 0 Å². The normalized spacial score (nSPS) is 15.2. The van der Waals surface area contributed by atoms with Crippen LogP contribution in [-0.2, 0) is 0 Å². The molecule has 3 heterocycles. The molecule has 0 saturated carbocycles. The first-order valence-corrected chi connectivity index (χ1v) is 11.1. The van der Waals surface area contributed by atoms with Crippen LogP contribution in [-0.4, -0.2) is 36.1 Å². The molecule has 1 aliphatic rings. The average molecular weight is 435 g/mol. The molecule has 0 bridgehead atoms. The third-order valence-electron chi connectivity index (χ3n) is 4.82. The standard InChI is InChI=1S/C19H16Cl2N4S2/c1-11-9-12(20)10-15-16(11)22-18(27-15)24-5-7-25(8-6-24)19-23-17-13(21)3-2-4-14(17)26-19/h2-4,9-10H,5-8H2,1H3. The van der Waals surface area contributed by atoms with Crippen molar-refractivity contribution in [3.63, 3.8) is 0 Å². The van der Waals surface area contributed by atoms with Crippen LogP contribution >= 0.6 is 45.9 Å². The number of piperazine rings is 1. The first kappa shape index (κ1) is 17.5. The van der Waals surface area contributed by atoms with Gasteiger partial charge in [0, 0.05) is 31.2 Å². The minimum Gasteiger partial charge on any atom is -0.345 e. The van der Waals surface area contributed by atoms with Crippen molar-refractivity contribution < 1.29 is 0 Å². The molecule has 138 valence electrons. The molecule has 0 aliphatic carbocycles. The van der Waals surface area contributed by atoms with Gasteiger partial charge in [-0.05, 0) is 36.8 Å². The molecule has 27 heavy (non-hydrogen) atoms. The van der Waals surface area contributed by atoms with Crippen LogP contribution in [0.25, 0.3) is 20.4 Å². The van der Waals surface area contributed by atoms with Crippen LogP contribution < -0.4 is 9.80 Å². The number of benzene rings is 2. The number of para-hydroxylation sites is 1. The second kappa shape index (κ2) is 6.78.